The molecule has 30 heavy (non-hydrogen) atoms. The number of hydrazone groups is 1. The van der Waals surface area contributed by atoms with E-state index in [1.165, 1.54) is 6.21 Å². The lowest BCUT2D eigenvalue weighted by Gasteiger charge is -2.32. The molecule has 1 aliphatic rings. The molecule has 0 saturated heterocycles. The zero-order valence-electron chi connectivity index (χ0n) is 15.8. The van der Waals surface area contributed by atoms with Gasteiger partial charge >= 0.3 is 0 Å². The smallest absolute Gasteiger partial charge is 0.261 e. The molecule has 1 aliphatic heterocycles. The van der Waals surface area contributed by atoms with Gasteiger partial charge in [0.25, 0.3) is 11.8 Å². The van der Waals surface area contributed by atoms with Gasteiger partial charge in [0.1, 0.15) is 5.75 Å². The number of aliphatic hydroxyl groups excluding tert-OH is 2. The van der Waals surface area contributed by atoms with Gasteiger partial charge in [0.15, 0.2) is 0 Å². The maximum Gasteiger partial charge on any atom is 0.261 e. The molecule has 0 aromatic heterocycles. The third-order valence-corrected chi connectivity index (χ3v) is 5.05. The second kappa shape index (κ2) is 7.94. The van der Waals surface area contributed by atoms with Crippen molar-refractivity contribution in [1.29, 1.82) is 0 Å². The van der Waals surface area contributed by atoms with Crippen LogP contribution in [0.3, 0.4) is 0 Å². The maximum absolute atomic E-state index is 12.9. The molecule has 3 aromatic rings. The van der Waals surface area contributed by atoms with Gasteiger partial charge in [-0.2, -0.15) is 5.10 Å². The standard InChI is InChI=1S/C22H19N3O5/c26-11-14(12-27)25-21(29)16-6-3-5-15-18(9-8-17(20(15)16)22(25)30)24-23-10-13-4-1-2-7-19(13)28/h1-10,14,24,26-28H,11-12H2/b23-10+. The summed E-state index contributed by atoms with van der Waals surface area (Å²) in [5, 5.41) is 34.0. The minimum Gasteiger partial charge on any atom is -0.507 e. The quantitative estimate of drug-likeness (QED) is 0.282. The molecule has 0 fully saturated rings. The summed E-state index contributed by atoms with van der Waals surface area (Å²) in [5.41, 5.74) is 4.63. The molecule has 4 N–H and O–H groups in total. The van der Waals surface area contributed by atoms with Gasteiger partial charge in [-0.3, -0.25) is 19.9 Å². The first kappa shape index (κ1) is 19.6. The minimum atomic E-state index is -1.01. The Labute approximate surface area is 171 Å². The van der Waals surface area contributed by atoms with Crippen molar-refractivity contribution in [2.75, 3.05) is 18.6 Å². The molecular weight excluding hydrogens is 386 g/mol. The number of carbonyl (C=O) groups excluding carboxylic acids is 2. The van der Waals surface area contributed by atoms with Gasteiger partial charge in [-0.25, -0.2) is 0 Å². The number of phenols is 1. The monoisotopic (exact) mass is 405 g/mol. The van der Waals surface area contributed by atoms with Gasteiger partial charge in [0, 0.05) is 27.5 Å². The zero-order valence-corrected chi connectivity index (χ0v) is 15.8. The number of phenolic OH excluding ortho intramolecular Hbond substituents is 1. The van der Waals surface area contributed by atoms with Crippen LogP contribution >= 0.6 is 0 Å². The van der Waals surface area contributed by atoms with Gasteiger partial charge in [0.2, 0.25) is 0 Å². The number of aromatic hydroxyl groups is 1. The molecular formula is C22H19N3O5. The second-order valence-corrected chi connectivity index (χ2v) is 6.82. The third kappa shape index (κ3) is 3.18. The van der Waals surface area contributed by atoms with Gasteiger partial charge < -0.3 is 15.3 Å². The van der Waals surface area contributed by atoms with Crippen LogP contribution in [0.2, 0.25) is 0 Å². The Bertz CT molecular complexity index is 1150. The van der Waals surface area contributed by atoms with E-state index in [9.17, 15) is 24.9 Å². The predicted molar refractivity (Wildman–Crippen MR) is 112 cm³/mol. The van der Waals surface area contributed by atoms with E-state index in [0.717, 1.165) is 4.90 Å². The Morgan fingerprint density at radius 3 is 2.33 bits per heavy atom. The van der Waals surface area contributed by atoms with Crippen molar-refractivity contribution >= 4 is 34.5 Å². The molecule has 3 aromatic carbocycles. The first-order valence-electron chi connectivity index (χ1n) is 9.29. The number of rotatable bonds is 6. The molecule has 4 rings (SSSR count). The summed E-state index contributed by atoms with van der Waals surface area (Å²) in [6, 6.07) is 14.1. The molecule has 8 nitrogen and oxygen atoms in total. The average molecular weight is 405 g/mol. The molecule has 0 atom stereocenters. The first-order valence-corrected chi connectivity index (χ1v) is 9.29. The summed E-state index contributed by atoms with van der Waals surface area (Å²) in [5.74, 6) is -1.04. The molecule has 0 bridgehead atoms. The molecule has 8 heteroatoms. The normalized spacial score (nSPS) is 13.6. The number of anilines is 1. The van der Waals surface area contributed by atoms with Crippen molar-refractivity contribution in [2.45, 2.75) is 6.04 Å². The van der Waals surface area contributed by atoms with Crippen LogP contribution in [0.4, 0.5) is 5.69 Å². The minimum absolute atomic E-state index is 0.0959. The van der Waals surface area contributed by atoms with E-state index in [2.05, 4.69) is 10.5 Å². The largest absolute Gasteiger partial charge is 0.507 e. The van der Waals surface area contributed by atoms with Gasteiger partial charge in [-0.05, 0) is 30.3 Å². The van der Waals surface area contributed by atoms with Gasteiger partial charge in [0.05, 0.1) is 31.2 Å². The Morgan fingerprint density at radius 1 is 0.933 bits per heavy atom. The van der Waals surface area contributed by atoms with E-state index in [4.69, 9.17) is 0 Å². The summed E-state index contributed by atoms with van der Waals surface area (Å²) in [6.45, 7) is -1.06. The van der Waals surface area contributed by atoms with E-state index in [0.29, 0.717) is 33.2 Å². The number of benzene rings is 3. The third-order valence-electron chi connectivity index (χ3n) is 5.05. The van der Waals surface area contributed by atoms with Gasteiger partial charge in [-0.1, -0.05) is 24.3 Å². The number of hydrogen-bond acceptors (Lipinski definition) is 7. The summed E-state index contributed by atoms with van der Waals surface area (Å²) < 4.78 is 0. The highest BCUT2D eigenvalue weighted by atomic mass is 16.3. The van der Waals surface area contributed by atoms with Crippen LogP contribution in [0.25, 0.3) is 10.8 Å². The van der Waals surface area contributed by atoms with Crippen molar-refractivity contribution in [2.24, 2.45) is 5.10 Å². The molecule has 0 spiro atoms. The van der Waals surface area contributed by atoms with Crippen LogP contribution in [-0.2, 0) is 0 Å². The summed E-state index contributed by atoms with van der Waals surface area (Å²) in [4.78, 5) is 26.8. The fourth-order valence-corrected chi connectivity index (χ4v) is 3.53. The van der Waals surface area contributed by atoms with Gasteiger partial charge in [-0.15, -0.1) is 0 Å². The molecule has 0 saturated carbocycles. The molecule has 1 heterocycles. The Kier molecular flexibility index (Phi) is 5.18. The molecule has 0 unspecified atom stereocenters. The van der Waals surface area contributed by atoms with Crippen molar-refractivity contribution in [3.8, 4) is 5.75 Å². The fourth-order valence-electron chi connectivity index (χ4n) is 3.53. The van der Waals surface area contributed by atoms with Crippen molar-refractivity contribution < 1.29 is 24.9 Å². The molecule has 0 aliphatic carbocycles. The van der Waals surface area contributed by atoms with E-state index >= 15 is 0 Å². The number of hydrogen-bond donors (Lipinski definition) is 4. The number of imide groups is 1. The second-order valence-electron chi connectivity index (χ2n) is 6.82. The summed E-state index contributed by atoms with van der Waals surface area (Å²) in [7, 11) is 0. The van der Waals surface area contributed by atoms with Crippen LogP contribution in [0.1, 0.15) is 26.3 Å². The maximum atomic E-state index is 12.9. The zero-order chi connectivity index (χ0) is 21.3. The van der Waals surface area contributed by atoms with Crippen molar-refractivity contribution in [1.82, 2.24) is 4.90 Å². The highest BCUT2D eigenvalue weighted by Crippen LogP contribution is 2.35. The Hall–Kier alpha value is -3.75. The number of amides is 2. The SMILES string of the molecule is O=C1c2cccc3c(N/N=C/c4ccccc4O)ccc(c23)C(=O)N1C(CO)CO. The number of para-hydroxylation sites is 1. The van der Waals surface area contributed by atoms with Crippen LogP contribution in [-0.4, -0.2) is 57.5 Å². The van der Waals surface area contributed by atoms with E-state index in [1.54, 1.807) is 54.6 Å². The van der Waals surface area contributed by atoms with E-state index in [-0.39, 0.29) is 5.75 Å². The van der Waals surface area contributed by atoms with Crippen LogP contribution in [0, 0.1) is 0 Å². The number of nitrogens with one attached hydrogen (secondary N) is 1. The summed E-state index contributed by atoms with van der Waals surface area (Å²) in [6.07, 6.45) is 1.47. The summed E-state index contributed by atoms with van der Waals surface area (Å²) >= 11 is 0. The Morgan fingerprint density at radius 2 is 1.63 bits per heavy atom. The molecule has 152 valence electrons. The molecule has 2 amide bonds. The van der Waals surface area contributed by atoms with E-state index in [1.807, 2.05) is 0 Å². The predicted octanol–water partition coefficient (Wildman–Crippen LogP) is 1.94. The lowest BCUT2D eigenvalue weighted by molar-refractivity contribution is 0.0375. The van der Waals surface area contributed by atoms with Crippen molar-refractivity contribution in [3.05, 3.63) is 71.3 Å². The topological polar surface area (TPSA) is 122 Å². The highest BCUT2D eigenvalue weighted by molar-refractivity contribution is 6.27. The van der Waals surface area contributed by atoms with Crippen LogP contribution < -0.4 is 5.43 Å². The lowest BCUT2D eigenvalue weighted by Crippen LogP contribution is -2.50. The van der Waals surface area contributed by atoms with E-state index < -0.39 is 31.1 Å². The first-order chi connectivity index (χ1) is 14.6. The highest BCUT2D eigenvalue weighted by Gasteiger charge is 2.37. The molecule has 0 radical (unpaired) electrons. The average Bonchev–Trinajstić information content (AvgIpc) is 2.76. The van der Waals surface area contributed by atoms with Crippen LogP contribution in [0.5, 0.6) is 5.75 Å². The van der Waals surface area contributed by atoms with Crippen molar-refractivity contribution in [3.63, 3.8) is 0 Å². The van der Waals surface area contributed by atoms with Crippen LogP contribution in [0.15, 0.2) is 59.7 Å². The fraction of sp³-hybridized carbons (Fsp3) is 0.136. The number of nitrogens with zero attached hydrogens (tertiary/aromatic N) is 2. The number of aliphatic hydroxyl groups is 2. The lowest BCUT2D eigenvalue weighted by atomic mass is 9.92. The number of carbonyl (C=O) groups is 2. The Balaban J connectivity index is 1.74.